The monoisotopic (exact) mass is 368 g/mol. The molecule has 0 nitrogen and oxygen atoms in total. The summed E-state index contributed by atoms with van der Waals surface area (Å²) >= 11 is 12.7. The number of benzene rings is 2. The average molecular weight is 368 g/mol. The fourth-order valence-electron chi connectivity index (χ4n) is 2.10. The van der Waals surface area contributed by atoms with Crippen molar-refractivity contribution in [3.63, 3.8) is 0 Å². The summed E-state index contributed by atoms with van der Waals surface area (Å²) in [6, 6.07) is 16.5. The van der Waals surface area contributed by atoms with Crippen LogP contribution in [0.25, 0.3) is 6.08 Å². The van der Waals surface area contributed by atoms with Crippen molar-refractivity contribution in [3.05, 3.63) is 69.7 Å². The zero-order chi connectivity index (χ0) is 13.9. The number of hydrogen-bond donors (Lipinski definition) is 0. The summed E-state index contributed by atoms with van der Waals surface area (Å²) in [7, 11) is 0. The zero-order valence-electron chi connectivity index (χ0n) is 10.9. The van der Waals surface area contributed by atoms with Crippen molar-refractivity contribution in [2.75, 3.05) is 0 Å². The van der Waals surface area contributed by atoms with Gasteiger partial charge in [-0.1, -0.05) is 0 Å². The fraction of sp³-hybridized carbons (Fsp3) is 0.176. The van der Waals surface area contributed by atoms with Gasteiger partial charge in [-0.25, -0.2) is 0 Å². The first-order chi connectivity index (χ1) is 9.72. The molecule has 0 heterocycles. The van der Waals surface area contributed by atoms with E-state index in [4.69, 9.17) is 23.2 Å². The molecule has 20 heavy (non-hydrogen) atoms. The van der Waals surface area contributed by atoms with Gasteiger partial charge in [-0.3, -0.25) is 0 Å². The molecular formula is C17H14Cl2Se. The molecule has 1 saturated carbocycles. The van der Waals surface area contributed by atoms with Gasteiger partial charge < -0.3 is 0 Å². The van der Waals surface area contributed by atoms with Gasteiger partial charge in [0.15, 0.2) is 0 Å². The predicted molar refractivity (Wildman–Crippen MR) is 89.2 cm³/mol. The van der Waals surface area contributed by atoms with Crippen LogP contribution in [0.4, 0.5) is 0 Å². The molecule has 1 aliphatic carbocycles. The van der Waals surface area contributed by atoms with Crippen molar-refractivity contribution >= 4 is 48.7 Å². The Morgan fingerprint density at radius 2 is 1.90 bits per heavy atom. The van der Waals surface area contributed by atoms with E-state index in [1.807, 2.05) is 12.1 Å². The first-order valence-corrected chi connectivity index (χ1v) is 9.38. The summed E-state index contributed by atoms with van der Waals surface area (Å²) in [6.07, 6.45) is 3.44. The number of allylic oxidation sites excluding steroid dienone is 1. The van der Waals surface area contributed by atoms with E-state index in [0.29, 0.717) is 20.0 Å². The third kappa shape index (κ3) is 3.68. The second kappa shape index (κ2) is 6.37. The van der Waals surface area contributed by atoms with Crippen molar-refractivity contribution in [2.45, 2.75) is 11.7 Å². The molecule has 3 heteroatoms. The Labute approximate surface area is 136 Å². The Hall–Kier alpha value is -0.721. The van der Waals surface area contributed by atoms with Crippen molar-refractivity contribution in [1.29, 1.82) is 0 Å². The van der Waals surface area contributed by atoms with Gasteiger partial charge in [0.05, 0.1) is 0 Å². The van der Waals surface area contributed by atoms with E-state index in [0.717, 1.165) is 16.5 Å². The molecule has 2 aromatic carbocycles. The summed E-state index contributed by atoms with van der Waals surface area (Å²) in [4.78, 5) is 0. The molecule has 1 unspecified atom stereocenters. The fourth-order valence-corrected chi connectivity index (χ4v) is 4.82. The molecule has 0 saturated heterocycles. The SMILES string of the molecule is Clc1ccc(/C=C2\CC2C[Se]c2ccccc2)c(Cl)c1. The van der Waals surface area contributed by atoms with Gasteiger partial charge in [-0.15, -0.1) is 0 Å². The van der Waals surface area contributed by atoms with Crippen LogP contribution in [0, 0.1) is 5.92 Å². The van der Waals surface area contributed by atoms with Gasteiger partial charge in [-0.2, -0.15) is 0 Å². The molecule has 0 amide bonds. The molecule has 0 radical (unpaired) electrons. The van der Waals surface area contributed by atoms with Crippen molar-refractivity contribution in [3.8, 4) is 0 Å². The maximum atomic E-state index is 6.20. The second-order valence-electron chi connectivity index (χ2n) is 4.91. The average Bonchev–Trinajstić information content (AvgIpc) is 3.19. The van der Waals surface area contributed by atoms with E-state index >= 15 is 0 Å². The minimum atomic E-state index is 0.575. The van der Waals surface area contributed by atoms with E-state index in [-0.39, 0.29) is 0 Å². The Kier molecular flexibility index (Phi) is 4.53. The Bertz CT molecular complexity index is 635. The molecule has 0 aromatic heterocycles. The molecular weight excluding hydrogens is 354 g/mol. The minimum absolute atomic E-state index is 0.575. The molecule has 1 atom stereocenters. The van der Waals surface area contributed by atoms with Gasteiger partial charge in [0.25, 0.3) is 0 Å². The molecule has 2 aromatic rings. The summed E-state index contributed by atoms with van der Waals surface area (Å²) in [5.74, 6) is 0.752. The van der Waals surface area contributed by atoms with E-state index in [1.165, 1.54) is 21.8 Å². The quantitative estimate of drug-likeness (QED) is 0.678. The van der Waals surface area contributed by atoms with Crippen LogP contribution in [-0.2, 0) is 0 Å². The summed E-state index contributed by atoms with van der Waals surface area (Å²) in [6.45, 7) is 0. The van der Waals surface area contributed by atoms with Crippen molar-refractivity contribution in [2.24, 2.45) is 5.92 Å². The first-order valence-electron chi connectivity index (χ1n) is 6.56. The van der Waals surface area contributed by atoms with Crippen LogP contribution >= 0.6 is 23.2 Å². The molecule has 0 N–H and O–H groups in total. The number of rotatable bonds is 4. The van der Waals surface area contributed by atoms with Gasteiger partial charge in [0, 0.05) is 0 Å². The van der Waals surface area contributed by atoms with Crippen LogP contribution in [-0.4, -0.2) is 15.0 Å². The Morgan fingerprint density at radius 3 is 2.65 bits per heavy atom. The van der Waals surface area contributed by atoms with Crippen LogP contribution in [0.3, 0.4) is 0 Å². The zero-order valence-corrected chi connectivity index (χ0v) is 14.1. The summed E-state index contributed by atoms with van der Waals surface area (Å²) in [5.41, 5.74) is 2.60. The predicted octanol–water partition coefficient (Wildman–Crippen LogP) is 4.84. The molecule has 0 aliphatic heterocycles. The van der Waals surface area contributed by atoms with Crippen LogP contribution < -0.4 is 4.46 Å². The normalized spacial score (nSPS) is 19.3. The van der Waals surface area contributed by atoms with Gasteiger partial charge in [0.1, 0.15) is 0 Å². The molecule has 0 spiro atoms. The van der Waals surface area contributed by atoms with Gasteiger partial charge in [-0.05, 0) is 0 Å². The third-order valence-corrected chi connectivity index (χ3v) is 6.37. The van der Waals surface area contributed by atoms with E-state index in [1.54, 1.807) is 6.07 Å². The first kappa shape index (κ1) is 14.2. The van der Waals surface area contributed by atoms with E-state index in [9.17, 15) is 0 Å². The summed E-state index contributed by atoms with van der Waals surface area (Å²) < 4.78 is 1.48. The topological polar surface area (TPSA) is 0 Å². The number of halogens is 2. The molecule has 1 aliphatic rings. The van der Waals surface area contributed by atoms with Crippen LogP contribution in [0.2, 0.25) is 15.4 Å². The number of hydrogen-bond acceptors (Lipinski definition) is 0. The Balaban J connectivity index is 1.60. The summed E-state index contributed by atoms with van der Waals surface area (Å²) in [5, 5.41) is 2.72. The Morgan fingerprint density at radius 1 is 1.10 bits per heavy atom. The van der Waals surface area contributed by atoms with Gasteiger partial charge >= 0.3 is 136 Å². The molecule has 1 fully saturated rings. The molecule has 3 rings (SSSR count). The van der Waals surface area contributed by atoms with E-state index in [2.05, 4.69) is 36.4 Å². The third-order valence-electron chi connectivity index (χ3n) is 3.34. The standard InChI is InChI=1S/C17H14Cl2Se/c18-15-7-6-12(17(19)10-15)8-13-9-14(13)11-20-16-4-2-1-3-5-16/h1-8,10,14H,9,11H2/b13-8+. The van der Waals surface area contributed by atoms with Crippen LogP contribution in [0.1, 0.15) is 12.0 Å². The van der Waals surface area contributed by atoms with Crippen molar-refractivity contribution in [1.82, 2.24) is 0 Å². The van der Waals surface area contributed by atoms with E-state index < -0.39 is 0 Å². The molecule has 102 valence electrons. The second-order valence-corrected chi connectivity index (χ2v) is 8.05. The van der Waals surface area contributed by atoms with Gasteiger partial charge in [0.2, 0.25) is 0 Å². The van der Waals surface area contributed by atoms with Crippen LogP contribution in [0.15, 0.2) is 54.1 Å². The van der Waals surface area contributed by atoms with Crippen molar-refractivity contribution < 1.29 is 0 Å². The van der Waals surface area contributed by atoms with Crippen LogP contribution in [0.5, 0.6) is 0 Å². The maximum absolute atomic E-state index is 6.20. The molecule has 0 bridgehead atoms.